The molecule has 37 heavy (non-hydrogen) atoms. The first kappa shape index (κ1) is 30.2. The van der Waals surface area contributed by atoms with Crippen molar-refractivity contribution in [2.24, 2.45) is 40.6 Å². The van der Waals surface area contributed by atoms with E-state index in [1.54, 1.807) is 5.57 Å². The number of nitrogens with two attached hydrogens (primary N) is 2. The van der Waals surface area contributed by atoms with E-state index in [9.17, 15) is 4.79 Å². The Morgan fingerprint density at radius 2 is 1.86 bits per heavy atom. The third kappa shape index (κ3) is 8.05. The van der Waals surface area contributed by atoms with Gasteiger partial charge in [0.25, 0.3) is 0 Å². The Hall–Kier alpha value is -1.39. The molecule has 3 saturated carbocycles. The van der Waals surface area contributed by atoms with Gasteiger partial charge in [-0.2, -0.15) is 0 Å². The van der Waals surface area contributed by atoms with Crippen LogP contribution < -0.4 is 11.5 Å². The van der Waals surface area contributed by atoms with Crippen LogP contribution in [0.4, 0.5) is 0 Å². The summed E-state index contributed by atoms with van der Waals surface area (Å²) >= 11 is 0. The van der Waals surface area contributed by atoms with Crippen LogP contribution in [0.5, 0.6) is 0 Å². The maximum atomic E-state index is 12.5. The fourth-order valence-electron chi connectivity index (χ4n) is 7.62. The maximum Gasteiger partial charge on any atom is 0.323 e. The number of allylic oxidation sites excluding steroid dienone is 4. The van der Waals surface area contributed by atoms with Crippen molar-refractivity contribution in [3.63, 3.8) is 0 Å². The molecule has 0 aliphatic heterocycles. The van der Waals surface area contributed by atoms with Crippen molar-refractivity contribution < 1.29 is 9.53 Å². The summed E-state index contributed by atoms with van der Waals surface area (Å²) in [5.41, 5.74) is 16.2. The lowest BCUT2D eigenvalue weighted by Gasteiger charge is -2.44. The molecule has 1 unspecified atom stereocenters. The molecule has 4 nitrogen and oxygen atoms in total. The predicted octanol–water partition coefficient (Wildman–Crippen LogP) is 7.63. The van der Waals surface area contributed by atoms with Gasteiger partial charge in [0.2, 0.25) is 0 Å². The first-order valence-corrected chi connectivity index (χ1v) is 15.4. The van der Waals surface area contributed by atoms with Gasteiger partial charge in [-0.25, -0.2) is 0 Å². The minimum absolute atomic E-state index is 0.0950. The van der Waals surface area contributed by atoms with E-state index in [4.69, 9.17) is 16.2 Å². The first-order valence-electron chi connectivity index (χ1n) is 15.4. The molecule has 0 aromatic carbocycles. The Balaban J connectivity index is 1.62. The van der Waals surface area contributed by atoms with Crippen molar-refractivity contribution in [2.45, 2.75) is 130 Å². The van der Waals surface area contributed by atoms with E-state index in [0.717, 1.165) is 49.9 Å². The van der Waals surface area contributed by atoms with Crippen molar-refractivity contribution >= 4 is 5.97 Å². The fourth-order valence-corrected chi connectivity index (χ4v) is 7.62. The zero-order chi connectivity index (χ0) is 27.0. The van der Waals surface area contributed by atoms with Crippen molar-refractivity contribution in [3.05, 3.63) is 35.5 Å². The maximum absolute atomic E-state index is 12.5. The molecule has 4 N–H and O–H groups in total. The van der Waals surface area contributed by atoms with Gasteiger partial charge in [-0.15, -0.1) is 0 Å². The van der Waals surface area contributed by atoms with Crippen LogP contribution in [0.1, 0.15) is 118 Å². The summed E-state index contributed by atoms with van der Waals surface area (Å²) in [5.74, 6) is 2.93. The lowest BCUT2D eigenvalue weighted by atomic mass is 9.60. The summed E-state index contributed by atoms with van der Waals surface area (Å²) in [4.78, 5) is 12.5. The molecule has 6 atom stereocenters. The average molecular weight is 513 g/mol. The largest absolute Gasteiger partial charge is 0.461 e. The molecule has 0 radical (unpaired) electrons. The van der Waals surface area contributed by atoms with Crippen LogP contribution in [0.15, 0.2) is 35.5 Å². The summed E-state index contributed by atoms with van der Waals surface area (Å²) in [6.07, 6.45) is 20.3. The summed E-state index contributed by atoms with van der Waals surface area (Å²) in [6, 6.07) is -0.547. The molecule has 0 amide bonds. The van der Waals surface area contributed by atoms with Crippen LogP contribution >= 0.6 is 0 Å². The van der Waals surface area contributed by atoms with Gasteiger partial charge in [0.15, 0.2) is 0 Å². The summed E-state index contributed by atoms with van der Waals surface area (Å²) < 4.78 is 5.83. The Labute approximate surface area is 227 Å². The van der Waals surface area contributed by atoms with Gasteiger partial charge in [0, 0.05) is 6.42 Å². The SMILES string of the molecule is C=C1CC[C@H](OC(=O)[C@@H](N)CCCCN)C/C1=C/C=C1\CCC[C@@]2(C)C1CC[C@@H]2[C@H](C)CCCC(C)C. The number of carbonyl (C=O) groups is 1. The van der Waals surface area contributed by atoms with Gasteiger partial charge in [-0.05, 0) is 99.0 Å². The summed E-state index contributed by atoms with van der Waals surface area (Å²) in [7, 11) is 0. The van der Waals surface area contributed by atoms with Gasteiger partial charge < -0.3 is 16.2 Å². The monoisotopic (exact) mass is 512 g/mol. The van der Waals surface area contributed by atoms with E-state index < -0.39 is 6.04 Å². The Bertz CT molecular complexity index is 828. The van der Waals surface area contributed by atoms with Gasteiger partial charge >= 0.3 is 5.97 Å². The average Bonchev–Trinajstić information content (AvgIpc) is 3.21. The summed E-state index contributed by atoms with van der Waals surface area (Å²) in [6.45, 7) is 14.8. The second-order valence-electron chi connectivity index (χ2n) is 13.1. The lowest BCUT2D eigenvalue weighted by Crippen LogP contribution is -2.36. The lowest BCUT2D eigenvalue weighted by molar-refractivity contribution is -0.151. The highest BCUT2D eigenvalue weighted by Crippen LogP contribution is 2.60. The van der Waals surface area contributed by atoms with Gasteiger partial charge in [0.05, 0.1) is 0 Å². The number of rotatable bonds is 12. The van der Waals surface area contributed by atoms with Crippen molar-refractivity contribution in [1.29, 1.82) is 0 Å². The molecule has 3 aliphatic rings. The topological polar surface area (TPSA) is 78.3 Å². The smallest absolute Gasteiger partial charge is 0.323 e. The highest BCUT2D eigenvalue weighted by molar-refractivity contribution is 5.75. The normalized spacial score (nSPS) is 32.1. The van der Waals surface area contributed by atoms with E-state index in [0.29, 0.717) is 24.3 Å². The van der Waals surface area contributed by atoms with Gasteiger partial charge in [-0.1, -0.05) is 83.3 Å². The number of fused-ring (bicyclic) bond motifs is 1. The zero-order valence-corrected chi connectivity index (χ0v) is 24.4. The predicted molar refractivity (Wildman–Crippen MR) is 156 cm³/mol. The molecule has 0 heterocycles. The minimum atomic E-state index is -0.547. The molecule has 210 valence electrons. The van der Waals surface area contributed by atoms with Crippen LogP contribution in [-0.4, -0.2) is 24.7 Å². The van der Waals surface area contributed by atoms with Gasteiger partial charge in [-0.3, -0.25) is 4.79 Å². The van der Waals surface area contributed by atoms with Crippen molar-refractivity contribution in [2.75, 3.05) is 6.54 Å². The zero-order valence-electron chi connectivity index (χ0n) is 24.4. The minimum Gasteiger partial charge on any atom is -0.461 e. The molecule has 4 heteroatoms. The third-order valence-electron chi connectivity index (χ3n) is 9.89. The van der Waals surface area contributed by atoms with Crippen LogP contribution in [0.2, 0.25) is 0 Å². The third-order valence-corrected chi connectivity index (χ3v) is 9.89. The fraction of sp³-hybridized carbons (Fsp3) is 0.788. The van der Waals surface area contributed by atoms with Crippen LogP contribution in [0.25, 0.3) is 0 Å². The van der Waals surface area contributed by atoms with Crippen LogP contribution in [-0.2, 0) is 9.53 Å². The number of hydrogen-bond acceptors (Lipinski definition) is 4. The molecule has 0 aromatic rings. The summed E-state index contributed by atoms with van der Waals surface area (Å²) in [5, 5.41) is 0. The Morgan fingerprint density at radius 1 is 1.08 bits per heavy atom. The van der Waals surface area contributed by atoms with Crippen LogP contribution in [0.3, 0.4) is 0 Å². The highest BCUT2D eigenvalue weighted by Gasteiger charge is 2.50. The van der Waals surface area contributed by atoms with E-state index in [2.05, 4.69) is 46.4 Å². The molecule has 3 fully saturated rings. The van der Waals surface area contributed by atoms with Crippen molar-refractivity contribution in [3.8, 4) is 0 Å². The first-order chi connectivity index (χ1) is 17.7. The van der Waals surface area contributed by atoms with E-state index in [1.807, 2.05) is 0 Å². The van der Waals surface area contributed by atoms with Crippen molar-refractivity contribution in [1.82, 2.24) is 0 Å². The number of unbranched alkanes of at least 4 members (excludes halogenated alkanes) is 1. The molecule has 3 aliphatic carbocycles. The highest BCUT2D eigenvalue weighted by atomic mass is 16.5. The van der Waals surface area contributed by atoms with E-state index >= 15 is 0 Å². The molecule has 0 saturated heterocycles. The number of carbonyl (C=O) groups excluding carboxylic acids is 1. The second kappa shape index (κ2) is 14.1. The quantitative estimate of drug-likeness (QED) is 0.208. The van der Waals surface area contributed by atoms with Gasteiger partial charge in [0.1, 0.15) is 12.1 Å². The molecule has 0 bridgehead atoms. The Morgan fingerprint density at radius 3 is 2.59 bits per heavy atom. The molecule has 0 spiro atoms. The number of ether oxygens (including phenoxy) is 1. The molecule has 0 aromatic heterocycles. The number of esters is 1. The molecular formula is C33H56N2O2. The second-order valence-corrected chi connectivity index (χ2v) is 13.1. The molecular weight excluding hydrogens is 456 g/mol. The van der Waals surface area contributed by atoms with Crippen LogP contribution in [0, 0.1) is 29.1 Å². The Kier molecular flexibility index (Phi) is 11.5. The van der Waals surface area contributed by atoms with E-state index in [-0.39, 0.29) is 12.1 Å². The van der Waals surface area contributed by atoms with E-state index in [1.165, 1.54) is 62.5 Å². The molecule has 3 rings (SSSR count). The standard InChI is InChI=1S/C33H56N2O2/c1-23(2)10-8-11-25(4)29-18-19-30-26(12-9-20-33(29,30)5)15-16-27-22-28(17-14-24(27)3)37-32(36)31(35)13-6-7-21-34/h15-16,23,25,28-31H,3,6-14,17-22,34-35H2,1-2,4-5H3/b26-15+,27-16-/t25-,28+,29-,30?,31+,33-/m1/s1. The number of hydrogen-bond donors (Lipinski definition) is 2.